The average molecular weight is 257 g/mol. The minimum Gasteiger partial charge on any atom is -0.361 e. The van der Waals surface area contributed by atoms with E-state index in [1.54, 1.807) is 0 Å². The fraction of sp³-hybridized carbons (Fsp3) is 0.357. The molecule has 1 aliphatic heterocycles. The van der Waals surface area contributed by atoms with Gasteiger partial charge in [0.05, 0.1) is 16.7 Å². The van der Waals surface area contributed by atoms with Crippen LogP contribution in [0.1, 0.15) is 24.2 Å². The number of aryl methyl sites for hydroxylation is 1. The topological polar surface area (TPSA) is 29.0 Å². The maximum atomic E-state index is 5.55. The van der Waals surface area contributed by atoms with E-state index in [0.29, 0.717) is 0 Å². The Morgan fingerprint density at radius 3 is 2.39 bits per heavy atom. The van der Waals surface area contributed by atoms with Gasteiger partial charge in [0.1, 0.15) is 10.7 Å². The van der Waals surface area contributed by atoms with E-state index in [4.69, 9.17) is 12.2 Å². The molecule has 4 heteroatoms. The Morgan fingerprint density at radius 2 is 1.72 bits per heavy atom. The van der Waals surface area contributed by atoms with Crippen LogP contribution in [-0.2, 0) is 0 Å². The van der Waals surface area contributed by atoms with E-state index in [2.05, 4.69) is 14.9 Å². The second-order valence-electron chi connectivity index (χ2n) is 4.65. The second-order valence-corrected chi connectivity index (χ2v) is 5.03. The number of fused-ring (bicyclic) bond motifs is 1. The fourth-order valence-corrected chi connectivity index (χ4v) is 2.74. The van der Waals surface area contributed by atoms with Crippen molar-refractivity contribution in [1.82, 2.24) is 14.9 Å². The molecule has 18 heavy (non-hydrogen) atoms. The van der Waals surface area contributed by atoms with Crippen LogP contribution in [-0.4, -0.2) is 32.9 Å². The third-order valence-electron chi connectivity index (χ3n) is 3.34. The molecule has 1 saturated heterocycles. The third kappa shape index (κ3) is 1.97. The normalized spacial score (nSPS) is 15.3. The zero-order valence-corrected chi connectivity index (χ0v) is 11.2. The number of rotatable bonds is 1. The average Bonchev–Trinajstić information content (AvgIpc) is 2.91. The van der Waals surface area contributed by atoms with Crippen molar-refractivity contribution in [2.45, 2.75) is 19.8 Å². The monoisotopic (exact) mass is 257 g/mol. The Labute approximate surface area is 112 Å². The molecule has 0 atom stereocenters. The molecule has 3 nitrogen and oxygen atoms in total. The molecule has 92 valence electrons. The number of para-hydroxylation sites is 2. The molecule has 0 unspecified atom stereocenters. The molecule has 1 fully saturated rings. The molecule has 0 aliphatic carbocycles. The molecule has 0 N–H and O–H groups in total. The van der Waals surface area contributed by atoms with Crippen LogP contribution in [0.2, 0.25) is 0 Å². The summed E-state index contributed by atoms with van der Waals surface area (Å²) < 4.78 is 0. The zero-order chi connectivity index (χ0) is 12.5. The molecule has 1 aromatic carbocycles. The summed E-state index contributed by atoms with van der Waals surface area (Å²) in [5.74, 6) is 0. The number of thiocarbonyl (C=S) groups is 1. The molecule has 0 spiro atoms. The van der Waals surface area contributed by atoms with Crippen LogP contribution < -0.4 is 0 Å². The first kappa shape index (κ1) is 11.5. The summed E-state index contributed by atoms with van der Waals surface area (Å²) in [6.07, 6.45) is 2.44. The van der Waals surface area contributed by atoms with Crippen LogP contribution in [0.3, 0.4) is 0 Å². The summed E-state index contributed by atoms with van der Waals surface area (Å²) in [5.41, 5.74) is 3.64. The highest BCUT2D eigenvalue weighted by Gasteiger charge is 2.19. The molecule has 3 rings (SSSR count). The molecule has 2 aromatic rings. The van der Waals surface area contributed by atoms with Crippen LogP contribution >= 0.6 is 12.2 Å². The SMILES string of the molecule is Cc1nc2ccccc2nc1C(=S)N1CCCC1. The maximum absolute atomic E-state index is 5.55. The van der Waals surface area contributed by atoms with Crippen molar-refractivity contribution >= 4 is 28.2 Å². The van der Waals surface area contributed by atoms with Crippen LogP contribution in [0, 0.1) is 6.92 Å². The quantitative estimate of drug-likeness (QED) is 0.735. The molecule has 1 aromatic heterocycles. The summed E-state index contributed by atoms with van der Waals surface area (Å²) in [6, 6.07) is 7.93. The third-order valence-corrected chi connectivity index (χ3v) is 3.79. The van der Waals surface area contributed by atoms with Gasteiger partial charge in [0.2, 0.25) is 0 Å². The highest BCUT2D eigenvalue weighted by atomic mass is 32.1. The van der Waals surface area contributed by atoms with Gasteiger partial charge in [-0.3, -0.25) is 0 Å². The first-order chi connectivity index (χ1) is 8.75. The Bertz CT molecular complexity index is 603. The van der Waals surface area contributed by atoms with E-state index in [9.17, 15) is 0 Å². The zero-order valence-electron chi connectivity index (χ0n) is 10.4. The van der Waals surface area contributed by atoms with Gasteiger partial charge in [0.25, 0.3) is 0 Å². The van der Waals surface area contributed by atoms with E-state index in [0.717, 1.165) is 40.5 Å². The van der Waals surface area contributed by atoms with Gasteiger partial charge >= 0.3 is 0 Å². The summed E-state index contributed by atoms with van der Waals surface area (Å²) in [7, 11) is 0. The highest BCUT2D eigenvalue weighted by Crippen LogP contribution is 2.17. The first-order valence-corrected chi connectivity index (χ1v) is 6.69. The molecule has 0 amide bonds. The van der Waals surface area contributed by atoms with Crippen LogP contribution in [0.5, 0.6) is 0 Å². The summed E-state index contributed by atoms with van der Waals surface area (Å²) in [6.45, 7) is 4.08. The first-order valence-electron chi connectivity index (χ1n) is 6.28. The second kappa shape index (κ2) is 4.61. The predicted octanol–water partition coefficient (Wildman–Crippen LogP) is 2.71. The van der Waals surface area contributed by atoms with Crippen molar-refractivity contribution in [2.24, 2.45) is 0 Å². The van der Waals surface area contributed by atoms with Gasteiger partial charge in [-0.25, -0.2) is 9.97 Å². The van der Waals surface area contributed by atoms with E-state index in [-0.39, 0.29) is 0 Å². The summed E-state index contributed by atoms with van der Waals surface area (Å²) >= 11 is 5.55. The lowest BCUT2D eigenvalue weighted by atomic mass is 10.2. The Morgan fingerprint density at radius 1 is 1.11 bits per heavy atom. The number of nitrogens with zero attached hydrogens (tertiary/aromatic N) is 3. The largest absolute Gasteiger partial charge is 0.361 e. The van der Waals surface area contributed by atoms with Gasteiger partial charge in [-0.1, -0.05) is 24.4 Å². The van der Waals surface area contributed by atoms with Crippen molar-refractivity contribution in [1.29, 1.82) is 0 Å². The van der Waals surface area contributed by atoms with Gasteiger partial charge in [-0.2, -0.15) is 0 Å². The lowest BCUT2D eigenvalue weighted by Gasteiger charge is -2.19. The van der Waals surface area contributed by atoms with Gasteiger partial charge < -0.3 is 4.90 Å². The lowest BCUT2D eigenvalue weighted by molar-refractivity contribution is 0.528. The van der Waals surface area contributed by atoms with Crippen LogP contribution in [0.15, 0.2) is 24.3 Å². The Hall–Kier alpha value is -1.55. The molecule has 0 saturated carbocycles. The van der Waals surface area contributed by atoms with Crippen molar-refractivity contribution < 1.29 is 0 Å². The summed E-state index contributed by atoms with van der Waals surface area (Å²) in [5, 5.41) is 0. The van der Waals surface area contributed by atoms with E-state index < -0.39 is 0 Å². The van der Waals surface area contributed by atoms with Gasteiger partial charge in [-0.15, -0.1) is 0 Å². The van der Waals surface area contributed by atoms with Gasteiger partial charge in [-0.05, 0) is 31.9 Å². The molecular formula is C14H15N3S. The van der Waals surface area contributed by atoms with E-state index in [1.807, 2.05) is 31.2 Å². The smallest absolute Gasteiger partial charge is 0.129 e. The van der Waals surface area contributed by atoms with Crippen molar-refractivity contribution in [3.8, 4) is 0 Å². The minimum absolute atomic E-state index is 0.850. The van der Waals surface area contributed by atoms with Crippen molar-refractivity contribution in [3.63, 3.8) is 0 Å². The number of aromatic nitrogens is 2. The Balaban J connectivity index is 2.05. The van der Waals surface area contributed by atoms with Crippen LogP contribution in [0.4, 0.5) is 0 Å². The number of hydrogen-bond donors (Lipinski definition) is 0. The van der Waals surface area contributed by atoms with Gasteiger partial charge in [0.15, 0.2) is 0 Å². The highest BCUT2D eigenvalue weighted by molar-refractivity contribution is 7.80. The fourth-order valence-electron chi connectivity index (χ4n) is 2.36. The van der Waals surface area contributed by atoms with Crippen LogP contribution in [0.25, 0.3) is 11.0 Å². The molecule has 0 bridgehead atoms. The van der Waals surface area contributed by atoms with Crippen molar-refractivity contribution in [2.75, 3.05) is 13.1 Å². The number of hydrogen-bond acceptors (Lipinski definition) is 3. The lowest BCUT2D eigenvalue weighted by Crippen LogP contribution is -2.28. The van der Waals surface area contributed by atoms with E-state index in [1.165, 1.54) is 12.8 Å². The Kier molecular flexibility index (Phi) is 2.96. The minimum atomic E-state index is 0.850. The molecular weight excluding hydrogens is 242 g/mol. The maximum Gasteiger partial charge on any atom is 0.129 e. The van der Waals surface area contributed by atoms with E-state index >= 15 is 0 Å². The number of benzene rings is 1. The predicted molar refractivity (Wildman–Crippen MR) is 76.8 cm³/mol. The number of likely N-dealkylation sites (tertiary alicyclic amines) is 1. The molecule has 2 heterocycles. The summed E-state index contributed by atoms with van der Waals surface area (Å²) in [4.78, 5) is 12.4. The van der Waals surface area contributed by atoms with Gasteiger partial charge in [0, 0.05) is 13.1 Å². The van der Waals surface area contributed by atoms with Crippen molar-refractivity contribution in [3.05, 3.63) is 35.7 Å². The standard InChI is InChI=1S/C14H15N3S/c1-10-13(14(18)17-8-4-5-9-17)16-12-7-3-2-6-11(12)15-10/h2-3,6-7H,4-5,8-9H2,1H3. The molecule has 0 radical (unpaired) electrons. The molecule has 1 aliphatic rings.